The van der Waals surface area contributed by atoms with Crippen molar-refractivity contribution < 1.29 is 19.4 Å². The number of methoxy groups -OCH3 is 1. The molecule has 0 saturated heterocycles. The Morgan fingerprint density at radius 1 is 1.53 bits per heavy atom. The van der Waals surface area contributed by atoms with E-state index in [1.165, 1.54) is 7.11 Å². The standard InChI is InChI=1S/C9H18N2O4/c1-6(5-15-2)11-9(14)7(10)3-4-8(12)13/h6-7H,3-5,10H2,1-2H3,(H,11,14)(H,12,13). The summed E-state index contributed by atoms with van der Waals surface area (Å²) >= 11 is 0. The van der Waals surface area contributed by atoms with Crippen LogP contribution >= 0.6 is 0 Å². The van der Waals surface area contributed by atoms with E-state index in [2.05, 4.69) is 5.32 Å². The molecule has 2 atom stereocenters. The molecule has 15 heavy (non-hydrogen) atoms. The molecule has 0 radical (unpaired) electrons. The fourth-order valence-electron chi connectivity index (χ4n) is 1.05. The van der Waals surface area contributed by atoms with Gasteiger partial charge < -0.3 is 20.9 Å². The van der Waals surface area contributed by atoms with Crippen LogP contribution in [0, 0.1) is 0 Å². The maximum absolute atomic E-state index is 11.4. The number of ether oxygens (including phenoxy) is 1. The minimum Gasteiger partial charge on any atom is -0.481 e. The molecule has 0 aliphatic heterocycles. The van der Waals surface area contributed by atoms with Crippen LogP contribution in [-0.4, -0.2) is 42.8 Å². The lowest BCUT2D eigenvalue weighted by molar-refractivity contribution is -0.137. The van der Waals surface area contributed by atoms with Crippen LogP contribution in [0.4, 0.5) is 0 Å². The lowest BCUT2D eigenvalue weighted by atomic mass is 10.1. The predicted molar refractivity (Wildman–Crippen MR) is 54.3 cm³/mol. The molecule has 0 aromatic carbocycles. The molecule has 0 heterocycles. The summed E-state index contributed by atoms with van der Waals surface area (Å²) in [6, 6.07) is -0.904. The van der Waals surface area contributed by atoms with Gasteiger partial charge in [0, 0.05) is 19.6 Å². The molecule has 4 N–H and O–H groups in total. The number of hydrogen-bond acceptors (Lipinski definition) is 4. The lowest BCUT2D eigenvalue weighted by Crippen LogP contribution is -2.45. The van der Waals surface area contributed by atoms with Crippen LogP contribution in [0.25, 0.3) is 0 Å². The van der Waals surface area contributed by atoms with E-state index in [4.69, 9.17) is 15.6 Å². The third-order valence-corrected chi connectivity index (χ3v) is 1.81. The molecule has 0 aliphatic rings. The quantitative estimate of drug-likeness (QED) is 0.526. The number of carboxylic acids is 1. The van der Waals surface area contributed by atoms with E-state index in [-0.39, 0.29) is 24.8 Å². The van der Waals surface area contributed by atoms with Gasteiger partial charge in [0.25, 0.3) is 0 Å². The van der Waals surface area contributed by atoms with Crippen LogP contribution < -0.4 is 11.1 Å². The van der Waals surface area contributed by atoms with Crippen molar-refractivity contribution in [2.75, 3.05) is 13.7 Å². The summed E-state index contributed by atoms with van der Waals surface area (Å²) in [6.45, 7) is 2.18. The summed E-state index contributed by atoms with van der Waals surface area (Å²) in [5.41, 5.74) is 5.49. The number of carbonyl (C=O) groups excluding carboxylic acids is 1. The van der Waals surface area contributed by atoms with Crippen molar-refractivity contribution in [3.05, 3.63) is 0 Å². The third kappa shape index (κ3) is 6.87. The average molecular weight is 218 g/mol. The number of carboxylic acid groups (broad SMARTS) is 1. The first-order chi connectivity index (χ1) is 6.97. The topological polar surface area (TPSA) is 102 Å². The summed E-state index contributed by atoms with van der Waals surface area (Å²) < 4.78 is 4.83. The first kappa shape index (κ1) is 13.9. The highest BCUT2D eigenvalue weighted by atomic mass is 16.5. The molecule has 1 amide bonds. The fraction of sp³-hybridized carbons (Fsp3) is 0.778. The highest BCUT2D eigenvalue weighted by Crippen LogP contribution is 1.95. The largest absolute Gasteiger partial charge is 0.481 e. The van der Waals surface area contributed by atoms with Gasteiger partial charge in [-0.2, -0.15) is 0 Å². The maximum Gasteiger partial charge on any atom is 0.303 e. The van der Waals surface area contributed by atoms with Crippen molar-refractivity contribution in [2.24, 2.45) is 5.73 Å². The fourth-order valence-corrected chi connectivity index (χ4v) is 1.05. The highest BCUT2D eigenvalue weighted by Gasteiger charge is 2.16. The minimum absolute atomic E-state index is 0.104. The van der Waals surface area contributed by atoms with Crippen molar-refractivity contribution in [3.63, 3.8) is 0 Å². The second-order valence-electron chi connectivity index (χ2n) is 3.40. The van der Waals surface area contributed by atoms with E-state index in [1.807, 2.05) is 0 Å². The number of carbonyl (C=O) groups is 2. The van der Waals surface area contributed by atoms with Crippen molar-refractivity contribution in [1.29, 1.82) is 0 Å². The van der Waals surface area contributed by atoms with E-state index in [0.717, 1.165) is 0 Å². The molecule has 88 valence electrons. The molecule has 0 fully saturated rings. The van der Waals surface area contributed by atoms with E-state index in [0.29, 0.717) is 6.61 Å². The summed E-state index contributed by atoms with van der Waals surface area (Å²) in [4.78, 5) is 21.6. The van der Waals surface area contributed by atoms with Crippen LogP contribution in [0.3, 0.4) is 0 Å². The van der Waals surface area contributed by atoms with E-state index in [1.54, 1.807) is 6.92 Å². The molecule has 0 spiro atoms. The Balaban J connectivity index is 3.82. The van der Waals surface area contributed by atoms with Crippen LogP contribution in [0.15, 0.2) is 0 Å². The van der Waals surface area contributed by atoms with Gasteiger partial charge in [-0.25, -0.2) is 0 Å². The van der Waals surface area contributed by atoms with Gasteiger partial charge in [0.2, 0.25) is 5.91 Å². The Morgan fingerprint density at radius 2 is 2.13 bits per heavy atom. The zero-order valence-electron chi connectivity index (χ0n) is 9.03. The van der Waals surface area contributed by atoms with Crippen LogP contribution in [0.2, 0.25) is 0 Å². The Kier molecular flexibility index (Phi) is 6.64. The first-order valence-corrected chi connectivity index (χ1v) is 4.74. The number of nitrogens with one attached hydrogen (secondary N) is 1. The number of aliphatic carboxylic acids is 1. The van der Waals surface area contributed by atoms with Gasteiger partial charge in [-0.05, 0) is 13.3 Å². The zero-order chi connectivity index (χ0) is 11.8. The van der Waals surface area contributed by atoms with Gasteiger partial charge >= 0.3 is 5.97 Å². The molecular weight excluding hydrogens is 200 g/mol. The summed E-state index contributed by atoms with van der Waals surface area (Å²) in [5, 5.41) is 11.0. The number of amides is 1. The van der Waals surface area contributed by atoms with Crippen LogP contribution in [0.5, 0.6) is 0 Å². The van der Waals surface area contributed by atoms with E-state index < -0.39 is 12.0 Å². The molecule has 2 unspecified atom stereocenters. The minimum atomic E-state index is -0.955. The molecule has 6 heteroatoms. The maximum atomic E-state index is 11.4. The van der Waals surface area contributed by atoms with Crippen LogP contribution in [0.1, 0.15) is 19.8 Å². The van der Waals surface area contributed by atoms with Crippen molar-refractivity contribution >= 4 is 11.9 Å². The van der Waals surface area contributed by atoms with Crippen molar-refractivity contribution in [3.8, 4) is 0 Å². The monoisotopic (exact) mass is 218 g/mol. The predicted octanol–water partition coefficient (Wildman–Crippen LogP) is -0.670. The van der Waals surface area contributed by atoms with Gasteiger partial charge in [0.05, 0.1) is 12.6 Å². The SMILES string of the molecule is COCC(C)NC(=O)C(N)CCC(=O)O. The molecular formula is C9H18N2O4. The van der Waals surface area contributed by atoms with E-state index >= 15 is 0 Å². The molecule has 0 aliphatic carbocycles. The second-order valence-corrected chi connectivity index (χ2v) is 3.40. The normalized spacial score (nSPS) is 14.3. The Hall–Kier alpha value is -1.14. The van der Waals surface area contributed by atoms with Gasteiger partial charge in [-0.1, -0.05) is 0 Å². The Morgan fingerprint density at radius 3 is 2.60 bits per heavy atom. The van der Waals surface area contributed by atoms with Crippen molar-refractivity contribution in [2.45, 2.75) is 31.8 Å². The number of nitrogens with two attached hydrogens (primary N) is 1. The molecule has 0 aromatic rings. The summed E-state index contributed by atoms with van der Waals surface area (Å²) in [6.07, 6.45) is 0.0358. The Labute approximate surface area is 88.8 Å². The van der Waals surface area contributed by atoms with E-state index in [9.17, 15) is 9.59 Å². The number of hydrogen-bond donors (Lipinski definition) is 3. The second kappa shape index (κ2) is 7.19. The molecule has 6 nitrogen and oxygen atoms in total. The third-order valence-electron chi connectivity index (χ3n) is 1.81. The van der Waals surface area contributed by atoms with Crippen molar-refractivity contribution in [1.82, 2.24) is 5.32 Å². The van der Waals surface area contributed by atoms with Gasteiger partial charge in [-0.3, -0.25) is 9.59 Å². The van der Waals surface area contributed by atoms with Gasteiger partial charge in [0.15, 0.2) is 0 Å². The highest BCUT2D eigenvalue weighted by molar-refractivity contribution is 5.82. The molecule has 0 rings (SSSR count). The Bertz CT molecular complexity index is 220. The first-order valence-electron chi connectivity index (χ1n) is 4.74. The number of rotatable bonds is 7. The lowest BCUT2D eigenvalue weighted by Gasteiger charge is -2.16. The average Bonchev–Trinajstić information content (AvgIpc) is 2.14. The zero-order valence-corrected chi connectivity index (χ0v) is 9.03. The summed E-state index contributed by atoms with van der Waals surface area (Å²) in [5.74, 6) is -1.30. The summed E-state index contributed by atoms with van der Waals surface area (Å²) in [7, 11) is 1.53. The van der Waals surface area contributed by atoms with Crippen LogP contribution in [-0.2, 0) is 14.3 Å². The molecule has 0 bridgehead atoms. The van der Waals surface area contributed by atoms with Gasteiger partial charge in [0.1, 0.15) is 0 Å². The van der Waals surface area contributed by atoms with Gasteiger partial charge in [-0.15, -0.1) is 0 Å². The smallest absolute Gasteiger partial charge is 0.303 e. The molecule has 0 saturated carbocycles. The molecule has 0 aromatic heterocycles.